The van der Waals surface area contributed by atoms with E-state index in [2.05, 4.69) is 314 Å². The molecule has 16 bridgehead atoms. The molecule has 0 radical (unpaired) electrons. The fourth-order valence-electron chi connectivity index (χ4n) is 18.0. The molecule has 0 amide bonds. The van der Waals surface area contributed by atoms with Gasteiger partial charge in [-0.3, -0.25) is 0 Å². The van der Waals surface area contributed by atoms with Gasteiger partial charge in [-0.25, -0.2) is 19.9 Å². The molecule has 0 unspecified atom stereocenters. The molecule has 0 saturated heterocycles. The lowest BCUT2D eigenvalue weighted by Crippen LogP contribution is -1.96. The van der Waals surface area contributed by atoms with Crippen molar-refractivity contribution in [2.24, 2.45) is 0 Å². The average Bonchev–Trinajstić information content (AvgIpc) is 1.59. The van der Waals surface area contributed by atoms with Crippen molar-refractivity contribution in [2.45, 2.75) is 125 Å². The Morgan fingerprint density at radius 1 is 0.157 bits per heavy atom. The van der Waals surface area contributed by atoms with Crippen LogP contribution < -0.4 is 0 Å². The molecule has 102 heavy (non-hydrogen) atoms. The Morgan fingerprint density at radius 2 is 0.265 bits per heavy atom. The summed E-state index contributed by atoms with van der Waals surface area (Å²) in [7, 11) is 0. The minimum absolute atomic E-state index is 0.781. The molecule has 8 heteroatoms. The number of H-pyrrole nitrogens is 4. The average molecular weight is 1330 g/mol. The summed E-state index contributed by atoms with van der Waals surface area (Å²) in [4.78, 5) is 40.3. The third-order valence-electron chi connectivity index (χ3n) is 21.3. The summed E-state index contributed by atoms with van der Waals surface area (Å²) >= 11 is 0. The molecule has 4 N–H and O–H groups in total. The lowest BCUT2D eigenvalue weighted by molar-refractivity contribution is 1.26. The third-order valence-corrected chi connectivity index (χ3v) is 21.3. The highest BCUT2D eigenvalue weighted by Gasteiger charge is 2.28. The van der Waals surface area contributed by atoms with Crippen molar-refractivity contribution in [3.8, 4) is 77.9 Å². The van der Waals surface area contributed by atoms with Gasteiger partial charge in [0.05, 0.1) is 45.6 Å². The Kier molecular flexibility index (Phi) is 15.8. The maximum atomic E-state index is 6.02. The summed E-state index contributed by atoms with van der Waals surface area (Å²) in [6.45, 7) is 39.9. The van der Waals surface area contributed by atoms with Crippen LogP contribution in [0.1, 0.15) is 146 Å². The maximum Gasteiger partial charge on any atom is 0.0738 e. The van der Waals surface area contributed by atoms with E-state index in [1.807, 2.05) is 0 Å². The monoisotopic (exact) mass is 1330 g/mol. The number of nitrogens with one attached hydrogen (secondary N) is 4. The van der Waals surface area contributed by atoms with Gasteiger partial charge in [0.2, 0.25) is 0 Å². The topological polar surface area (TPSA) is 115 Å². The van der Waals surface area contributed by atoms with Crippen LogP contribution in [0.5, 0.6) is 0 Å². The van der Waals surface area contributed by atoms with Crippen LogP contribution in [0.2, 0.25) is 0 Å². The number of hydrogen-bond donors (Lipinski definition) is 4. The van der Waals surface area contributed by atoms with E-state index < -0.39 is 0 Å². The van der Waals surface area contributed by atoms with E-state index in [1.165, 1.54) is 111 Å². The molecular formula is C94H86N8. The lowest BCUT2D eigenvalue weighted by atomic mass is 9.92. The molecule has 6 aromatic heterocycles. The smallest absolute Gasteiger partial charge is 0.0738 e. The van der Waals surface area contributed by atoms with E-state index in [0.717, 1.165) is 156 Å². The molecule has 8 nitrogen and oxygen atoms in total. The van der Waals surface area contributed by atoms with Crippen LogP contribution in [0.3, 0.4) is 0 Å². The van der Waals surface area contributed by atoms with Crippen LogP contribution in [-0.2, 0) is 0 Å². The second-order valence-corrected chi connectivity index (χ2v) is 29.6. The van der Waals surface area contributed by atoms with Crippen molar-refractivity contribution in [2.75, 3.05) is 0 Å². The Hall–Kier alpha value is -11.5. The number of benzene rings is 6. The highest BCUT2D eigenvalue weighted by molar-refractivity contribution is 6.07. The molecule has 0 aliphatic carbocycles. The zero-order valence-corrected chi connectivity index (χ0v) is 62.0. The molecule has 12 aromatic rings. The highest BCUT2D eigenvalue weighted by atomic mass is 14.8. The molecule has 6 aromatic carbocycles. The normalized spacial score (nSPS) is 12.5. The first-order valence-corrected chi connectivity index (χ1v) is 35.8. The number of aromatic amines is 4. The van der Waals surface area contributed by atoms with Crippen molar-refractivity contribution >= 4 is 92.7 Å². The van der Waals surface area contributed by atoms with E-state index in [0.29, 0.717) is 0 Å². The number of aryl methyl sites for hydroxylation is 18. The summed E-state index contributed by atoms with van der Waals surface area (Å²) in [5.41, 5.74) is 50.4. The second kappa shape index (κ2) is 24.7. The van der Waals surface area contributed by atoms with Crippen molar-refractivity contribution in [3.05, 3.63) is 267 Å². The molecule has 0 spiro atoms. The van der Waals surface area contributed by atoms with Crippen LogP contribution >= 0.6 is 0 Å². The third kappa shape index (κ3) is 11.0. The minimum atomic E-state index is 0.781. The van der Waals surface area contributed by atoms with Gasteiger partial charge in [-0.05, 0) is 322 Å². The molecule has 502 valence electrons. The Bertz CT molecular complexity index is 5580. The van der Waals surface area contributed by atoms with Crippen LogP contribution in [0, 0.1) is 125 Å². The van der Waals surface area contributed by atoms with E-state index in [1.54, 1.807) is 0 Å². The van der Waals surface area contributed by atoms with Gasteiger partial charge < -0.3 is 19.9 Å². The molecule has 4 aliphatic rings. The predicted octanol–water partition coefficient (Wildman–Crippen LogP) is 24.8. The van der Waals surface area contributed by atoms with Gasteiger partial charge in [0.15, 0.2) is 0 Å². The number of aromatic nitrogens is 8. The SMILES string of the molecule is Cc1cc(C)c(-c2c3nc(c(-c4c(C)cc(C)cc4C)c4ccc([nH]4)c(-c4c5nc(c(-c6c(C)cc(C)cc6C)c6ccc([nH]6)c(-c6c(C)cc(C)cc6C)c6nc(c(-c7c(C)cc(C)cc7C)c7ccc4[nH]7)C=C6)C=C5)c4nc(c(-c5c(C)cc(C)cc5C)c5ccc2[nH]5)C=C4)C=C3)c(C)c1. The van der Waals surface area contributed by atoms with Gasteiger partial charge in [-0.2, -0.15) is 0 Å². The van der Waals surface area contributed by atoms with Crippen LogP contribution in [0.4, 0.5) is 0 Å². The zero-order chi connectivity index (χ0) is 71.2. The molecule has 0 fully saturated rings. The van der Waals surface area contributed by atoms with Crippen molar-refractivity contribution in [1.29, 1.82) is 0 Å². The minimum Gasteiger partial charge on any atom is -0.354 e. The highest BCUT2D eigenvalue weighted by Crippen LogP contribution is 2.47. The van der Waals surface area contributed by atoms with Crippen molar-refractivity contribution in [3.63, 3.8) is 0 Å². The van der Waals surface area contributed by atoms with E-state index in [9.17, 15) is 0 Å². The zero-order valence-electron chi connectivity index (χ0n) is 62.0. The number of rotatable bonds is 7. The van der Waals surface area contributed by atoms with Gasteiger partial charge in [-0.1, -0.05) is 106 Å². The Labute approximate surface area is 598 Å². The molecule has 0 atom stereocenters. The van der Waals surface area contributed by atoms with Crippen LogP contribution in [0.15, 0.2) is 121 Å². The van der Waals surface area contributed by atoms with Gasteiger partial charge in [0.1, 0.15) is 0 Å². The lowest BCUT2D eigenvalue weighted by Gasteiger charge is -2.15. The number of hydrogen-bond acceptors (Lipinski definition) is 4. The second-order valence-electron chi connectivity index (χ2n) is 29.6. The van der Waals surface area contributed by atoms with Crippen molar-refractivity contribution in [1.82, 2.24) is 39.9 Å². The standard InChI is InChI=1S/C94H86N8/c1-47-35-53(7)81(54(8)36-47)87-65-19-23-69(95-65)89(83-57(11)39-49(3)40-58(83)12)73-27-31-77(99-73)93(78-32-28-74(100-78)90(70-24-20-66(87)96-70)84-59(13)41-50(4)42-60(84)14)94-79-33-29-75(101-79)91(85-61(15)43-51(5)44-62(85)16)71-25-21-67(97-71)88(82-55(9)37-48(2)38-56(82)10)68-22-26-72(98-68)92(76-30-34-80(94)102-76)86-63(17)45-52(6)46-64(86)18/h19-46,95,97,100,102H,1-18H3. The Balaban J connectivity index is 1.13. The van der Waals surface area contributed by atoms with Gasteiger partial charge in [-0.15, -0.1) is 0 Å². The number of fused-ring (bicyclic) bond motifs is 16. The first-order chi connectivity index (χ1) is 48.9. The van der Waals surface area contributed by atoms with E-state index >= 15 is 0 Å². The summed E-state index contributed by atoms with van der Waals surface area (Å²) in [5.74, 6) is 0. The fraction of sp³-hybridized carbons (Fsp3) is 0.191. The van der Waals surface area contributed by atoms with Gasteiger partial charge >= 0.3 is 0 Å². The quantitative estimate of drug-likeness (QED) is 0.127. The fourth-order valence-corrected chi connectivity index (χ4v) is 18.0. The largest absolute Gasteiger partial charge is 0.354 e. The molecule has 10 heterocycles. The van der Waals surface area contributed by atoms with Crippen molar-refractivity contribution < 1.29 is 0 Å². The predicted molar refractivity (Wildman–Crippen MR) is 435 cm³/mol. The van der Waals surface area contributed by atoms with Gasteiger partial charge in [0, 0.05) is 88.6 Å². The maximum absolute atomic E-state index is 6.02. The summed E-state index contributed by atoms with van der Waals surface area (Å²) in [6, 6.07) is 45.6. The summed E-state index contributed by atoms with van der Waals surface area (Å²) in [6.07, 6.45) is 17.8. The molecule has 16 rings (SSSR count). The molecule has 0 saturated carbocycles. The Morgan fingerprint density at radius 3 is 0.382 bits per heavy atom. The van der Waals surface area contributed by atoms with Crippen LogP contribution in [0.25, 0.3) is 171 Å². The van der Waals surface area contributed by atoms with E-state index in [4.69, 9.17) is 19.9 Å². The summed E-state index contributed by atoms with van der Waals surface area (Å²) < 4.78 is 0. The molecular weight excluding hydrogens is 1240 g/mol. The summed E-state index contributed by atoms with van der Waals surface area (Å²) in [5, 5.41) is 0. The first kappa shape index (κ1) is 65.2. The van der Waals surface area contributed by atoms with Crippen LogP contribution in [-0.4, -0.2) is 39.9 Å². The van der Waals surface area contributed by atoms with Gasteiger partial charge in [0.25, 0.3) is 0 Å². The number of nitrogens with zero attached hydrogens (tertiary/aromatic N) is 4. The molecule has 4 aliphatic heterocycles. The van der Waals surface area contributed by atoms with E-state index in [-0.39, 0.29) is 0 Å². The first-order valence-electron chi connectivity index (χ1n) is 35.8.